The third kappa shape index (κ3) is 8.07. The predicted molar refractivity (Wildman–Crippen MR) is 214 cm³/mol. The molecule has 8 rings (SSSR count). The molecule has 8 heteroatoms. The molecule has 0 N–H and O–H groups in total. The van der Waals surface area contributed by atoms with E-state index in [2.05, 4.69) is 73.9 Å². The Morgan fingerprint density at radius 3 is 2.21 bits per heavy atom. The van der Waals surface area contributed by atoms with Crippen LogP contribution in [0.4, 0.5) is 13.2 Å². The predicted octanol–water partition coefficient (Wildman–Crippen LogP) is 12.4. The van der Waals surface area contributed by atoms with Crippen LogP contribution in [-0.2, 0) is 26.5 Å². The van der Waals surface area contributed by atoms with Crippen LogP contribution in [0.15, 0.2) is 116 Å². The summed E-state index contributed by atoms with van der Waals surface area (Å²) in [4.78, 5) is 9.33. The van der Waals surface area contributed by atoms with Gasteiger partial charge < -0.3 is 9.97 Å². The standard InChI is InChI=1S/C27H13F3NS.C18H24NSi.Ir/c28-22-11-10-18(25(29)26(22)30)16-8-9-19-20-6-3-7-21(27(20)32-24(19)13-16)23-12-15-4-1-2-5-17(15)14-31-23;1-14(2)11-16-12-17(15-9-7-6-8-10-15)19-13-18(16)20(3,4)5;/h1-6,8-14H;6-9,12-14H,11H2,1-5H3;/q2*-1;. The summed E-state index contributed by atoms with van der Waals surface area (Å²) in [5, 5.41) is 5.71. The van der Waals surface area contributed by atoms with Crippen LogP contribution in [0.3, 0.4) is 0 Å². The van der Waals surface area contributed by atoms with Gasteiger partial charge >= 0.3 is 0 Å². The maximum absolute atomic E-state index is 14.3. The van der Waals surface area contributed by atoms with E-state index < -0.39 is 25.5 Å². The third-order valence-corrected chi connectivity index (χ3v) is 12.3. The molecule has 0 fully saturated rings. The molecule has 0 aliphatic carbocycles. The number of hydrogen-bond donors (Lipinski definition) is 0. The molecular formula is C45H37F3IrN2SSi-2. The average molecular weight is 915 g/mol. The molecule has 0 bridgehead atoms. The van der Waals surface area contributed by atoms with Crippen molar-refractivity contribution in [1.29, 1.82) is 0 Å². The molecule has 3 heterocycles. The first-order valence-electron chi connectivity index (χ1n) is 17.3. The van der Waals surface area contributed by atoms with E-state index in [1.807, 2.05) is 79.0 Å². The number of hydrogen-bond acceptors (Lipinski definition) is 3. The van der Waals surface area contributed by atoms with E-state index in [1.165, 1.54) is 16.8 Å². The van der Waals surface area contributed by atoms with Crippen molar-refractivity contribution in [2.75, 3.05) is 0 Å². The van der Waals surface area contributed by atoms with Crippen molar-refractivity contribution < 1.29 is 33.3 Å². The van der Waals surface area contributed by atoms with Crippen molar-refractivity contribution in [1.82, 2.24) is 9.97 Å². The Bertz CT molecular complexity index is 2560. The fourth-order valence-electron chi connectivity index (χ4n) is 6.55. The zero-order valence-corrected chi connectivity index (χ0v) is 34.2. The molecular weight excluding hydrogens is 878 g/mol. The Labute approximate surface area is 327 Å². The van der Waals surface area contributed by atoms with Crippen molar-refractivity contribution in [2.45, 2.75) is 39.9 Å². The van der Waals surface area contributed by atoms with E-state index in [-0.39, 0.29) is 25.7 Å². The second-order valence-corrected chi connectivity index (χ2v) is 20.5. The van der Waals surface area contributed by atoms with Gasteiger partial charge in [0.05, 0.1) is 8.07 Å². The van der Waals surface area contributed by atoms with E-state index in [4.69, 9.17) is 0 Å². The van der Waals surface area contributed by atoms with Crippen LogP contribution in [0.2, 0.25) is 19.6 Å². The number of thiophene rings is 1. The van der Waals surface area contributed by atoms with E-state index in [1.54, 1.807) is 17.4 Å². The maximum atomic E-state index is 14.3. The number of aromatic nitrogens is 2. The number of pyridine rings is 2. The van der Waals surface area contributed by atoms with Crippen molar-refractivity contribution in [3.63, 3.8) is 0 Å². The van der Waals surface area contributed by atoms with E-state index in [9.17, 15) is 13.2 Å². The van der Waals surface area contributed by atoms with Crippen molar-refractivity contribution in [3.05, 3.63) is 151 Å². The molecule has 269 valence electrons. The number of benzene rings is 5. The SMILES string of the molecule is CC(C)Cc1cc(-c2[c-]cccc2)ncc1[Si](C)(C)C.Fc1ccc(-c2ccc3c(c2)sc2c(-c4cc5ccccc5cn4)[c-]ccc23)c(F)c1F.[Ir]. The molecule has 0 atom stereocenters. The summed E-state index contributed by atoms with van der Waals surface area (Å²) < 4.78 is 43.4. The minimum Gasteiger partial charge on any atom is -0.305 e. The first kappa shape index (κ1) is 38.3. The molecule has 5 aromatic carbocycles. The molecule has 0 saturated carbocycles. The zero-order chi connectivity index (χ0) is 36.6. The first-order chi connectivity index (χ1) is 25.0. The number of halogens is 3. The molecule has 0 saturated heterocycles. The van der Waals surface area contributed by atoms with Gasteiger partial charge in [-0.2, -0.15) is 11.3 Å². The average Bonchev–Trinajstić information content (AvgIpc) is 3.52. The normalized spacial score (nSPS) is 11.5. The van der Waals surface area contributed by atoms with Crippen LogP contribution >= 0.6 is 11.3 Å². The summed E-state index contributed by atoms with van der Waals surface area (Å²) in [6.07, 6.45) is 5.09. The summed E-state index contributed by atoms with van der Waals surface area (Å²) >= 11 is 1.55. The molecule has 53 heavy (non-hydrogen) atoms. The second-order valence-electron chi connectivity index (χ2n) is 14.4. The molecule has 1 radical (unpaired) electrons. The molecule has 0 amide bonds. The van der Waals surface area contributed by atoms with Crippen molar-refractivity contribution in [2.24, 2.45) is 5.92 Å². The van der Waals surface area contributed by atoms with Crippen LogP contribution in [0, 0.1) is 35.5 Å². The van der Waals surface area contributed by atoms with Gasteiger partial charge in [0.2, 0.25) is 0 Å². The van der Waals surface area contributed by atoms with Gasteiger partial charge in [-0.25, -0.2) is 13.2 Å². The fourth-order valence-corrected chi connectivity index (χ4v) is 9.39. The van der Waals surface area contributed by atoms with Crippen LogP contribution in [0.1, 0.15) is 19.4 Å². The smallest absolute Gasteiger partial charge is 0.195 e. The Hall–Kier alpha value is -4.46. The molecule has 0 aliphatic heterocycles. The molecule has 8 aromatic rings. The van der Waals surface area contributed by atoms with Gasteiger partial charge in [-0.3, -0.25) is 0 Å². The second kappa shape index (κ2) is 15.9. The fraction of sp³-hybridized carbons (Fsp3) is 0.156. The number of rotatable bonds is 6. The topological polar surface area (TPSA) is 25.8 Å². The quantitative estimate of drug-likeness (QED) is 0.0944. The Kier molecular flexibility index (Phi) is 11.5. The largest absolute Gasteiger partial charge is 0.305 e. The van der Waals surface area contributed by atoms with Gasteiger partial charge in [-0.1, -0.05) is 93.0 Å². The van der Waals surface area contributed by atoms with Crippen molar-refractivity contribution >= 4 is 55.5 Å². The monoisotopic (exact) mass is 915 g/mol. The zero-order valence-electron chi connectivity index (χ0n) is 30.0. The third-order valence-electron chi connectivity index (χ3n) is 9.08. The summed E-state index contributed by atoms with van der Waals surface area (Å²) in [5.74, 6) is -3.17. The number of fused-ring (bicyclic) bond motifs is 4. The van der Waals surface area contributed by atoms with E-state index in [0.29, 0.717) is 11.5 Å². The molecule has 0 spiro atoms. The van der Waals surface area contributed by atoms with Crippen LogP contribution in [-0.4, -0.2) is 18.0 Å². The summed E-state index contributed by atoms with van der Waals surface area (Å²) in [6.45, 7) is 11.7. The van der Waals surface area contributed by atoms with E-state index in [0.717, 1.165) is 65.9 Å². The molecule has 0 aliphatic rings. The molecule has 3 aromatic heterocycles. The minimum atomic E-state index is -1.46. The van der Waals surface area contributed by atoms with Gasteiger partial charge in [0.25, 0.3) is 0 Å². The minimum absolute atomic E-state index is 0. The van der Waals surface area contributed by atoms with Gasteiger partial charge in [-0.05, 0) is 73.5 Å². The van der Waals surface area contributed by atoms with Crippen LogP contribution in [0.25, 0.3) is 64.6 Å². The van der Waals surface area contributed by atoms with Gasteiger partial charge in [0.15, 0.2) is 17.5 Å². The van der Waals surface area contributed by atoms with Gasteiger partial charge in [0, 0.05) is 42.8 Å². The first-order valence-corrected chi connectivity index (χ1v) is 21.6. The van der Waals surface area contributed by atoms with Gasteiger partial charge in [0.1, 0.15) is 0 Å². The molecule has 2 nitrogen and oxygen atoms in total. The molecule has 0 unspecified atom stereocenters. The van der Waals surface area contributed by atoms with Gasteiger partial charge in [-0.15, -0.1) is 59.7 Å². The number of nitrogens with zero attached hydrogens (tertiary/aromatic N) is 2. The van der Waals surface area contributed by atoms with Crippen molar-refractivity contribution in [3.8, 4) is 33.6 Å². The Morgan fingerprint density at radius 1 is 0.717 bits per heavy atom. The van der Waals surface area contributed by atoms with E-state index >= 15 is 0 Å². The maximum Gasteiger partial charge on any atom is 0.195 e. The Balaban J connectivity index is 0.000000199. The summed E-state index contributed by atoms with van der Waals surface area (Å²) in [6, 6.07) is 38.6. The van der Waals surface area contributed by atoms with Crippen LogP contribution in [0.5, 0.6) is 0 Å². The van der Waals surface area contributed by atoms with Crippen LogP contribution < -0.4 is 5.19 Å². The Morgan fingerprint density at radius 2 is 1.47 bits per heavy atom. The summed E-state index contributed by atoms with van der Waals surface area (Å²) in [5.41, 5.74) is 5.85. The summed E-state index contributed by atoms with van der Waals surface area (Å²) in [7, 11) is -1.34.